The number of fused-ring (bicyclic) bond motifs is 1. The minimum Gasteiger partial charge on any atom is -0.358 e. The van der Waals surface area contributed by atoms with Crippen molar-refractivity contribution >= 4 is 11.8 Å². The van der Waals surface area contributed by atoms with Crippen LogP contribution in [0.5, 0.6) is 0 Å². The maximum atomic E-state index is 13.3. The highest BCUT2D eigenvalue weighted by atomic mass is 19.4. The van der Waals surface area contributed by atoms with E-state index in [2.05, 4.69) is 5.16 Å². The molecule has 2 aromatic rings. The summed E-state index contributed by atoms with van der Waals surface area (Å²) in [7, 11) is 0. The second-order valence-electron chi connectivity index (χ2n) is 7.77. The largest absolute Gasteiger partial charge is 0.416 e. The van der Waals surface area contributed by atoms with Crippen LogP contribution in [0.1, 0.15) is 58.6 Å². The predicted molar refractivity (Wildman–Crippen MR) is 101 cm³/mol. The van der Waals surface area contributed by atoms with Gasteiger partial charge in [0.05, 0.1) is 12.1 Å². The fraction of sp³-hybridized carbons (Fsp3) is 0.476. The van der Waals surface area contributed by atoms with E-state index in [1.54, 1.807) is 15.9 Å². The summed E-state index contributed by atoms with van der Waals surface area (Å²) in [5.74, 6) is -0.0546. The molecule has 0 bridgehead atoms. The molecule has 1 aromatic heterocycles. The standard InChI is InChI=1S/C21H22F3N3O3/c1-13(28)27-11-8-16-18(12-27)30-25-19(16)20(29)26-9-6-14(7-10-26)15-4-2-3-5-17(15)21(22,23)24/h2-5,14H,6-12H2,1H3. The van der Waals surface area contributed by atoms with Gasteiger partial charge < -0.3 is 14.3 Å². The van der Waals surface area contributed by atoms with Gasteiger partial charge >= 0.3 is 6.18 Å². The van der Waals surface area contributed by atoms with Crippen molar-refractivity contribution in [1.29, 1.82) is 0 Å². The molecule has 4 rings (SSSR count). The van der Waals surface area contributed by atoms with Gasteiger partial charge in [0, 0.05) is 32.1 Å². The molecule has 9 heteroatoms. The van der Waals surface area contributed by atoms with Gasteiger partial charge in [0.1, 0.15) is 0 Å². The van der Waals surface area contributed by atoms with Crippen LogP contribution in [-0.4, -0.2) is 46.4 Å². The zero-order valence-corrected chi connectivity index (χ0v) is 16.5. The Hall–Kier alpha value is -2.84. The van der Waals surface area contributed by atoms with Crippen molar-refractivity contribution in [2.24, 2.45) is 0 Å². The summed E-state index contributed by atoms with van der Waals surface area (Å²) in [5, 5.41) is 3.94. The molecule has 0 aliphatic carbocycles. The average molecular weight is 421 g/mol. The molecular formula is C21H22F3N3O3. The van der Waals surface area contributed by atoms with Gasteiger partial charge in [-0.3, -0.25) is 9.59 Å². The normalized spacial score (nSPS) is 17.7. The van der Waals surface area contributed by atoms with Crippen molar-refractivity contribution in [3.8, 4) is 0 Å². The molecule has 160 valence electrons. The lowest BCUT2D eigenvalue weighted by Gasteiger charge is -2.33. The van der Waals surface area contributed by atoms with E-state index >= 15 is 0 Å². The van der Waals surface area contributed by atoms with Gasteiger partial charge in [-0.2, -0.15) is 13.2 Å². The third-order valence-corrected chi connectivity index (χ3v) is 5.97. The average Bonchev–Trinajstić information content (AvgIpc) is 3.16. The van der Waals surface area contributed by atoms with Crippen LogP contribution < -0.4 is 0 Å². The zero-order chi connectivity index (χ0) is 21.5. The number of rotatable bonds is 2. The van der Waals surface area contributed by atoms with Crippen LogP contribution in [0.2, 0.25) is 0 Å². The number of piperidine rings is 1. The molecule has 3 heterocycles. The number of carbonyl (C=O) groups excluding carboxylic acids is 2. The second kappa shape index (κ2) is 7.77. The van der Waals surface area contributed by atoms with Crippen LogP contribution in [0.15, 0.2) is 28.8 Å². The first-order valence-corrected chi connectivity index (χ1v) is 9.94. The van der Waals surface area contributed by atoms with Crippen molar-refractivity contribution in [2.75, 3.05) is 19.6 Å². The van der Waals surface area contributed by atoms with E-state index in [9.17, 15) is 22.8 Å². The number of carbonyl (C=O) groups is 2. The number of benzene rings is 1. The van der Waals surface area contributed by atoms with Crippen LogP contribution in [0, 0.1) is 0 Å². The fourth-order valence-electron chi connectivity index (χ4n) is 4.32. The number of alkyl halides is 3. The molecule has 0 unspecified atom stereocenters. The minimum absolute atomic E-state index is 0.0638. The molecule has 0 atom stereocenters. The lowest BCUT2D eigenvalue weighted by atomic mass is 9.86. The minimum atomic E-state index is -4.39. The number of halogens is 3. The van der Waals surface area contributed by atoms with E-state index in [0.29, 0.717) is 56.8 Å². The van der Waals surface area contributed by atoms with Crippen molar-refractivity contribution in [3.05, 3.63) is 52.4 Å². The van der Waals surface area contributed by atoms with Gasteiger partial charge in [0.2, 0.25) is 5.91 Å². The monoisotopic (exact) mass is 421 g/mol. The maximum absolute atomic E-state index is 13.3. The molecule has 0 spiro atoms. The van der Waals surface area contributed by atoms with Gasteiger partial charge in [0.15, 0.2) is 11.5 Å². The molecule has 2 aliphatic heterocycles. The molecule has 2 amide bonds. The third kappa shape index (κ3) is 3.80. The summed E-state index contributed by atoms with van der Waals surface area (Å²) in [5.41, 5.74) is 0.667. The number of aromatic nitrogens is 1. The first-order chi connectivity index (χ1) is 14.3. The Morgan fingerprint density at radius 1 is 1.10 bits per heavy atom. The van der Waals surface area contributed by atoms with Gasteiger partial charge in [-0.05, 0) is 36.8 Å². The number of hydrogen-bond donors (Lipinski definition) is 0. The number of amides is 2. The Morgan fingerprint density at radius 2 is 1.80 bits per heavy atom. The van der Waals surface area contributed by atoms with Crippen LogP contribution in [0.4, 0.5) is 13.2 Å². The Bertz CT molecular complexity index is 962. The van der Waals surface area contributed by atoms with Gasteiger partial charge in [-0.15, -0.1) is 0 Å². The maximum Gasteiger partial charge on any atom is 0.416 e. The van der Waals surface area contributed by atoms with E-state index in [-0.39, 0.29) is 23.4 Å². The zero-order valence-electron chi connectivity index (χ0n) is 16.5. The third-order valence-electron chi connectivity index (χ3n) is 5.97. The van der Waals surface area contributed by atoms with Crippen molar-refractivity contribution in [1.82, 2.24) is 15.0 Å². The molecule has 30 heavy (non-hydrogen) atoms. The summed E-state index contributed by atoms with van der Waals surface area (Å²) in [6.45, 7) is 2.99. The summed E-state index contributed by atoms with van der Waals surface area (Å²) in [4.78, 5) is 27.8. The molecule has 0 radical (unpaired) electrons. The van der Waals surface area contributed by atoms with Gasteiger partial charge in [0.25, 0.3) is 5.91 Å². The summed E-state index contributed by atoms with van der Waals surface area (Å²) in [6, 6.07) is 5.65. The van der Waals surface area contributed by atoms with E-state index < -0.39 is 11.7 Å². The molecule has 6 nitrogen and oxygen atoms in total. The van der Waals surface area contributed by atoms with E-state index in [0.717, 1.165) is 11.6 Å². The van der Waals surface area contributed by atoms with E-state index in [1.807, 2.05) is 0 Å². The highest BCUT2D eigenvalue weighted by Gasteiger charge is 2.37. The van der Waals surface area contributed by atoms with Crippen LogP contribution in [0.3, 0.4) is 0 Å². The molecule has 0 saturated carbocycles. The summed E-state index contributed by atoms with van der Waals surface area (Å²) < 4.78 is 45.3. The smallest absolute Gasteiger partial charge is 0.358 e. The van der Waals surface area contributed by atoms with Crippen LogP contribution in [0.25, 0.3) is 0 Å². The van der Waals surface area contributed by atoms with Crippen molar-refractivity contribution < 1.29 is 27.3 Å². The first kappa shape index (κ1) is 20.4. The molecule has 2 aliphatic rings. The Morgan fingerprint density at radius 3 is 2.47 bits per heavy atom. The summed E-state index contributed by atoms with van der Waals surface area (Å²) >= 11 is 0. The SMILES string of the molecule is CC(=O)N1CCc2c(C(=O)N3CCC(c4ccccc4C(F)(F)F)CC3)noc2C1. The number of hydrogen-bond acceptors (Lipinski definition) is 4. The Kier molecular flexibility index (Phi) is 5.29. The highest BCUT2D eigenvalue weighted by molar-refractivity contribution is 5.94. The molecule has 0 N–H and O–H groups in total. The Labute approximate surface area is 171 Å². The fourth-order valence-corrected chi connectivity index (χ4v) is 4.32. The molecule has 1 aromatic carbocycles. The molecule has 1 fully saturated rings. The van der Waals surface area contributed by atoms with Crippen molar-refractivity contribution in [2.45, 2.75) is 44.8 Å². The lowest BCUT2D eigenvalue weighted by molar-refractivity contribution is -0.138. The first-order valence-electron chi connectivity index (χ1n) is 9.94. The lowest BCUT2D eigenvalue weighted by Crippen LogP contribution is -2.39. The van der Waals surface area contributed by atoms with Gasteiger partial charge in [-0.1, -0.05) is 23.4 Å². The predicted octanol–water partition coefficient (Wildman–Crippen LogP) is 3.62. The van der Waals surface area contributed by atoms with E-state index in [1.165, 1.54) is 19.1 Å². The molecule has 1 saturated heterocycles. The van der Waals surface area contributed by atoms with Crippen molar-refractivity contribution in [3.63, 3.8) is 0 Å². The highest BCUT2D eigenvalue weighted by Crippen LogP contribution is 2.39. The quantitative estimate of drug-likeness (QED) is 0.743. The van der Waals surface area contributed by atoms with Gasteiger partial charge in [-0.25, -0.2) is 0 Å². The topological polar surface area (TPSA) is 66.7 Å². The number of nitrogens with zero attached hydrogens (tertiary/aromatic N) is 3. The molecular weight excluding hydrogens is 399 g/mol. The number of likely N-dealkylation sites (tertiary alicyclic amines) is 1. The Balaban J connectivity index is 1.45. The van der Waals surface area contributed by atoms with Crippen LogP contribution >= 0.6 is 0 Å². The van der Waals surface area contributed by atoms with E-state index in [4.69, 9.17) is 4.52 Å². The summed E-state index contributed by atoms with van der Waals surface area (Å²) in [6.07, 6.45) is -2.99. The van der Waals surface area contributed by atoms with Crippen LogP contribution in [-0.2, 0) is 23.9 Å². The second-order valence-corrected chi connectivity index (χ2v) is 7.77.